The summed E-state index contributed by atoms with van der Waals surface area (Å²) in [7, 11) is 3.93. The summed E-state index contributed by atoms with van der Waals surface area (Å²) in [5, 5.41) is 2.14. The Kier molecular flexibility index (Phi) is 7.30. The number of ether oxygens (including phenoxy) is 2. The minimum Gasteiger partial charge on any atom is -0.493 e. The lowest BCUT2D eigenvalue weighted by atomic mass is 9.92. The van der Waals surface area contributed by atoms with Gasteiger partial charge in [0.2, 0.25) is 0 Å². The fraction of sp³-hybridized carbons (Fsp3) is 0.516. The molecular weight excluding hydrogens is 476 g/mol. The third-order valence-corrected chi connectivity index (χ3v) is 8.31. The topological polar surface area (TPSA) is 66.8 Å². The zero-order valence-corrected chi connectivity index (χ0v) is 23.0. The zero-order valence-electron chi connectivity index (χ0n) is 23.0. The van der Waals surface area contributed by atoms with Crippen LogP contribution in [0.25, 0.3) is 33.3 Å². The number of benzene rings is 1. The van der Waals surface area contributed by atoms with Crippen LogP contribution in [-0.2, 0) is 6.42 Å². The molecule has 0 atom stereocenters. The molecule has 0 amide bonds. The number of furan rings is 1. The fourth-order valence-corrected chi connectivity index (χ4v) is 6.12. The van der Waals surface area contributed by atoms with Gasteiger partial charge in [0.15, 0.2) is 17.3 Å². The third kappa shape index (κ3) is 5.27. The van der Waals surface area contributed by atoms with E-state index in [1.807, 2.05) is 25.1 Å². The van der Waals surface area contributed by atoms with Crippen LogP contribution in [0, 0.1) is 12.8 Å². The molecule has 2 saturated heterocycles. The van der Waals surface area contributed by atoms with Gasteiger partial charge < -0.3 is 28.7 Å². The molecule has 0 unspecified atom stereocenters. The molecule has 2 aliphatic rings. The van der Waals surface area contributed by atoms with Gasteiger partial charge in [-0.2, -0.15) is 0 Å². The number of aromatic nitrogens is 2. The number of fused-ring (bicyclic) bond motifs is 3. The lowest BCUT2D eigenvalue weighted by molar-refractivity contribution is 0.218. The van der Waals surface area contributed by atoms with Gasteiger partial charge in [-0.1, -0.05) is 0 Å². The Labute approximate surface area is 225 Å². The average Bonchev–Trinajstić information content (AvgIpc) is 3.68. The van der Waals surface area contributed by atoms with Crippen molar-refractivity contribution < 1.29 is 13.9 Å². The molecule has 3 aromatic heterocycles. The number of aryl methyl sites for hydroxylation is 1. The molecule has 2 aliphatic heterocycles. The summed E-state index contributed by atoms with van der Waals surface area (Å²) >= 11 is 0. The Bertz CT molecular complexity index is 1390. The van der Waals surface area contributed by atoms with E-state index in [2.05, 4.69) is 34.0 Å². The van der Waals surface area contributed by atoms with Crippen LogP contribution in [-0.4, -0.2) is 73.3 Å². The highest BCUT2D eigenvalue weighted by Crippen LogP contribution is 2.39. The summed E-state index contributed by atoms with van der Waals surface area (Å²) in [4.78, 5) is 13.8. The van der Waals surface area contributed by atoms with Crippen LogP contribution in [0.15, 0.2) is 34.7 Å². The van der Waals surface area contributed by atoms with Gasteiger partial charge in [0.05, 0.1) is 24.8 Å². The third-order valence-electron chi connectivity index (χ3n) is 8.31. The van der Waals surface area contributed by atoms with E-state index in [9.17, 15) is 0 Å². The first kappa shape index (κ1) is 25.3. The number of pyridine rings is 1. The highest BCUT2D eigenvalue weighted by atomic mass is 16.5. The second kappa shape index (κ2) is 11.0. The summed E-state index contributed by atoms with van der Waals surface area (Å²) in [6.45, 7) is 8.49. The molecule has 0 bridgehead atoms. The number of nitrogens with one attached hydrogen (secondary N) is 1. The number of hydrogen-bond donors (Lipinski definition) is 1. The summed E-state index contributed by atoms with van der Waals surface area (Å²) in [6, 6.07) is 10.4. The first-order chi connectivity index (χ1) is 18.6. The van der Waals surface area contributed by atoms with Crippen LogP contribution >= 0.6 is 0 Å². The molecule has 202 valence electrons. The second-order valence-electron chi connectivity index (χ2n) is 11.2. The van der Waals surface area contributed by atoms with E-state index in [4.69, 9.17) is 18.9 Å². The SMILES string of the molecule is COc1cc2c(cc1OCCCN1CCCC1)nc(-c1ccc(C)o1)c1cc(CC3CCN(C)CC3)[nH]c12. The van der Waals surface area contributed by atoms with Crippen molar-refractivity contribution in [2.45, 2.75) is 45.4 Å². The largest absolute Gasteiger partial charge is 0.493 e. The Morgan fingerprint density at radius 1 is 1.03 bits per heavy atom. The quantitative estimate of drug-likeness (QED) is 0.274. The molecule has 0 spiro atoms. The number of nitrogens with zero attached hydrogens (tertiary/aromatic N) is 3. The van der Waals surface area contributed by atoms with Crippen LogP contribution in [0.1, 0.15) is 43.6 Å². The smallest absolute Gasteiger partial charge is 0.163 e. The number of methoxy groups -OCH3 is 1. The molecule has 7 nitrogen and oxygen atoms in total. The summed E-state index contributed by atoms with van der Waals surface area (Å²) in [6.07, 6.45) is 7.16. The van der Waals surface area contributed by atoms with Crippen LogP contribution in [0.5, 0.6) is 11.5 Å². The van der Waals surface area contributed by atoms with E-state index >= 15 is 0 Å². The van der Waals surface area contributed by atoms with Crippen molar-refractivity contribution in [3.05, 3.63) is 41.8 Å². The fourth-order valence-electron chi connectivity index (χ4n) is 6.12. The molecule has 5 heterocycles. The maximum Gasteiger partial charge on any atom is 0.163 e. The molecule has 1 aromatic carbocycles. The number of piperidine rings is 1. The lowest BCUT2D eigenvalue weighted by Crippen LogP contribution is -2.30. The molecule has 6 rings (SSSR count). The first-order valence-electron chi connectivity index (χ1n) is 14.2. The van der Waals surface area contributed by atoms with Crippen molar-refractivity contribution in [1.82, 2.24) is 19.8 Å². The summed E-state index contributed by atoms with van der Waals surface area (Å²) < 4.78 is 18.1. The number of H-pyrrole nitrogens is 1. The van der Waals surface area contributed by atoms with Crippen molar-refractivity contribution in [2.75, 3.05) is 53.5 Å². The van der Waals surface area contributed by atoms with Crippen molar-refractivity contribution in [2.24, 2.45) is 5.92 Å². The van der Waals surface area contributed by atoms with Gasteiger partial charge in [-0.3, -0.25) is 0 Å². The predicted molar refractivity (Wildman–Crippen MR) is 152 cm³/mol. The van der Waals surface area contributed by atoms with Gasteiger partial charge in [-0.15, -0.1) is 0 Å². The van der Waals surface area contributed by atoms with E-state index in [0.29, 0.717) is 12.5 Å². The first-order valence-corrected chi connectivity index (χ1v) is 14.2. The molecule has 4 aromatic rings. The van der Waals surface area contributed by atoms with E-state index < -0.39 is 0 Å². The maximum absolute atomic E-state index is 6.24. The molecular formula is C31H40N4O3. The van der Waals surface area contributed by atoms with Crippen LogP contribution in [0.4, 0.5) is 0 Å². The number of rotatable bonds is 9. The predicted octanol–water partition coefficient (Wildman–Crippen LogP) is 6.04. The minimum absolute atomic E-state index is 0.661. The van der Waals surface area contributed by atoms with Gasteiger partial charge in [0.25, 0.3) is 0 Å². The Hall–Kier alpha value is -3.03. The van der Waals surface area contributed by atoms with Crippen molar-refractivity contribution in [3.63, 3.8) is 0 Å². The van der Waals surface area contributed by atoms with Gasteiger partial charge in [-0.25, -0.2) is 4.98 Å². The standard InChI is InChI=1S/C31H40N4O3/c1-21-7-8-27(38-21)31-25-18-23(17-22-9-14-34(2)15-10-22)32-30(25)24-19-28(36-3)29(20-26(24)33-31)37-16-6-13-35-11-4-5-12-35/h7-8,18-20,22,32H,4-6,9-17H2,1-3H3. The van der Waals surface area contributed by atoms with Crippen LogP contribution in [0.2, 0.25) is 0 Å². The molecule has 2 fully saturated rings. The Morgan fingerprint density at radius 3 is 2.58 bits per heavy atom. The maximum atomic E-state index is 6.24. The zero-order chi connectivity index (χ0) is 26.1. The van der Waals surface area contributed by atoms with Gasteiger partial charge in [0, 0.05) is 29.1 Å². The van der Waals surface area contributed by atoms with Gasteiger partial charge >= 0.3 is 0 Å². The number of likely N-dealkylation sites (tertiary alicyclic amines) is 2. The molecule has 0 aliphatic carbocycles. The van der Waals surface area contributed by atoms with Gasteiger partial charge in [-0.05, 0) is 109 Å². The average molecular weight is 517 g/mol. The monoisotopic (exact) mass is 516 g/mol. The molecule has 1 N–H and O–H groups in total. The molecule has 7 heteroatoms. The molecule has 38 heavy (non-hydrogen) atoms. The Balaban J connectivity index is 1.34. The summed E-state index contributed by atoms with van der Waals surface area (Å²) in [5.41, 5.74) is 4.09. The highest BCUT2D eigenvalue weighted by molar-refractivity contribution is 6.10. The van der Waals surface area contributed by atoms with Crippen LogP contribution < -0.4 is 9.47 Å². The highest BCUT2D eigenvalue weighted by Gasteiger charge is 2.21. The number of aromatic amines is 1. The number of hydrogen-bond acceptors (Lipinski definition) is 6. The minimum atomic E-state index is 0.661. The lowest BCUT2D eigenvalue weighted by Gasteiger charge is -2.28. The van der Waals surface area contributed by atoms with E-state index in [1.165, 1.54) is 57.6 Å². The second-order valence-corrected chi connectivity index (χ2v) is 11.2. The van der Waals surface area contributed by atoms with Crippen molar-refractivity contribution >= 4 is 21.8 Å². The summed E-state index contributed by atoms with van der Waals surface area (Å²) in [5.74, 6) is 3.86. The van der Waals surface area contributed by atoms with Crippen molar-refractivity contribution in [3.8, 4) is 23.0 Å². The van der Waals surface area contributed by atoms with Crippen molar-refractivity contribution in [1.29, 1.82) is 0 Å². The van der Waals surface area contributed by atoms with Gasteiger partial charge in [0.1, 0.15) is 11.5 Å². The van der Waals surface area contributed by atoms with E-state index in [0.717, 1.165) is 69.9 Å². The molecule has 0 saturated carbocycles. The normalized spacial score (nSPS) is 17.7. The van der Waals surface area contributed by atoms with E-state index in [1.54, 1.807) is 7.11 Å². The van der Waals surface area contributed by atoms with E-state index in [-0.39, 0.29) is 0 Å². The van der Waals surface area contributed by atoms with Crippen LogP contribution in [0.3, 0.4) is 0 Å². The molecule has 0 radical (unpaired) electrons. The Morgan fingerprint density at radius 2 is 1.84 bits per heavy atom.